The van der Waals surface area contributed by atoms with Crippen molar-refractivity contribution in [2.45, 2.75) is 12.8 Å². The van der Waals surface area contributed by atoms with Gasteiger partial charge in [0.1, 0.15) is 6.61 Å². The van der Waals surface area contributed by atoms with Gasteiger partial charge in [-0.3, -0.25) is 4.79 Å². The van der Waals surface area contributed by atoms with E-state index in [2.05, 4.69) is 11.6 Å². The molecule has 0 saturated carbocycles. The topological polar surface area (TPSA) is 42.1 Å². The standard InChI is InChI=1S/C16H16ClNO2/c1-3-9-20-16(19)11(2)12-6-7-13(14(17)10-12)15-5-4-8-18-15/h3-8,10-11,18H,1,9H2,2H3. The van der Waals surface area contributed by atoms with Crippen LogP contribution < -0.4 is 0 Å². The number of rotatable bonds is 5. The largest absolute Gasteiger partial charge is 0.461 e. The second-order valence-corrected chi connectivity index (χ2v) is 4.87. The van der Waals surface area contributed by atoms with Gasteiger partial charge in [-0.15, -0.1) is 0 Å². The predicted octanol–water partition coefficient (Wildman–Crippen LogP) is 4.17. The molecule has 2 rings (SSSR count). The number of aromatic amines is 1. The van der Waals surface area contributed by atoms with E-state index < -0.39 is 0 Å². The fourth-order valence-corrected chi connectivity index (χ4v) is 2.21. The molecule has 0 fully saturated rings. The van der Waals surface area contributed by atoms with Crippen molar-refractivity contribution in [2.75, 3.05) is 6.61 Å². The number of H-pyrrole nitrogens is 1. The van der Waals surface area contributed by atoms with Crippen LogP contribution in [0, 0.1) is 0 Å². The lowest BCUT2D eigenvalue weighted by Gasteiger charge is -2.12. The van der Waals surface area contributed by atoms with Crippen molar-refractivity contribution < 1.29 is 9.53 Å². The van der Waals surface area contributed by atoms with E-state index in [-0.39, 0.29) is 18.5 Å². The van der Waals surface area contributed by atoms with Gasteiger partial charge in [0.15, 0.2) is 0 Å². The molecular formula is C16H16ClNO2. The van der Waals surface area contributed by atoms with Crippen LogP contribution in [0.4, 0.5) is 0 Å². The number of nitrogens with one attached hydrogen (secondary N) is 1. The molecule has 0 radical (unpaired) electrons. The molecule has 1 unspecified atom stereocenters. The minimum absolute atomic E-state index is 0.220. The van der Waals surface area contributed by atoms with E-state index in [4.69, 9.17) is 16.3 Å². The van der Waals surface area contributed by atoms with E-state index >= 15 is 0 Å². The van der Waals surface area contributed by atoms with Crippen LogP contribution in [-0.2, 0) is 9.53 Å². The molecule has 1 aromatic carbocycles. The van der Waals surface area contributed by atoms with E-state index in [0.717, 1.165) is 16.8 Å². The SMILES string of the molecule is C=CCOC(=O)C(C)c1ccc(-c2ccc[nH]2)c(Cl)c1. The highest BCUT2D eigenvalue weighted by molar-refractivity contribution is 6.33. The molecule has 4 heteroatoms. The summed E-state index contributed by atoms with van der Waals surface area (Å²) in [4.78, 5) is 14.9. The number of ether oxygens (including phenoxy) is 1. The number of carbonyl (C=O) groups excluding carboxylic acids is 1. The zero-order valence-corrected chi connectivity index (χ0v) is 12.0. The van der Waals surface area contributed by atoms with Gasteiger partial charge in [-0.25, -0.2) is 0 Å². The van der Waals surface area contributed by atoms with Gasteiger partial charge in [0, 0.05) is 17.5 Å². The normalized spacial score (nSPS) is 11.9. The zero-order valence-electron chi connectivity index (χ0n) is 11.2. The number of hydrogen-bond acceptors (Lipinski definition) is 2. The number of aromatic nitrogens is 1. The van der Waals surface area contributed by atoms with Crippen molar-refractivity contribution in [3.05, 3.63) is 59.8 Å². The highest BCUT2D eigenvalue weighted by Gasteiger charge is 2.17. The van der Waals surface area contributed by atoms with Crippen LogP contribution in [-0.4, -0.2) is 17.6 Å². The van der Waals surface area contributed by atoms with E-state index in [1.807, 2.05) is 30.5 Å². The summed E-state index contributed by atoms with van der Waals surface area (Å²) in [5, 5.41) is 0.605. The fourth-order valence-electron chi connectivity index (χ4n) is 1.92. The molecule has 0 bridgehead atoms. The molecule has 0 aliphatic heterocycles. The maximum atomic E-state index is 11.8. The highest BCUT2D eigenvalue weighted by Crippen LogP contribution is 2.30. The monoisotopic (exact) mass is 289 g/mol. The Balaban J connectivity index is 2.20. The Bertz CT molecular complexity index is 605. The summed E-state index contributed by atoms with van der Waals surface area (Å²) in [6.07, 6.45) is 3.39. The van der Waals surface area contributed by atoms with E-state index in [1.165, 1.54) is 0 Å². The van der Waals surface area contributed by atoms with Gasteiger partial charge in [0.25, 0.3) is 0 Å². The van der Waals surface area contributed by atoms with Gasteiger partial charge in [0.2, 0.25) is 0 Å². The van der Waals surface area contributed by atoms with E-state index in [1.54, 1.807) is 19.1 Å². The van der Waals surface area contributed by atoms with Crippen molar-refractivity contribution in [3.63, 3.8) is 0 Å². The summed E-state index contributed by atoms with van der Waals surface area (Å²) in [6.45, 7) is 5.53. The first-order valence-corrected chi connectivity index (χ1v) is 6.72. The van der Waals surface area contributed by atoms with Crippen LogP contribution in [0.15, 0.2) is 49.2 Å². The average Bonchev–Trinajstić information content (AvgIpc) is 2.97. The summed E-state index contributed by atoms with van der Waals surface area (Å²) in [7, 11) is 0. The number of hydrogen-bond donors (Lipinski definition) is 1. The molecule has 0 aliphatic rings. The van der Waals surface area contributed by atoms with Gasteiger partial charge in [-0.05, 0) is 30.7 Å². The first-order chi connectivity index (χ1) is 9.63. The number of carbonyl (C=O) groups is 1. The van der Waals surface area contributed by atoms with Crippen molar-refractivity contribution >= 4 is 17.6 Å². The molecule has 3 nitrogen and oxygen atoms in total. The van der Waals surface area contributed by atoms with Gasteiger partial charge >= 0.3 is 5.97 Å². The molecule has 1 N–H and O–H groups in total. The minimum atomic E-state index is -0.356. The second-order valence-electron chi connectivity index (χ2n) is 4.46. The predicted molar refractivity (Wildman–Crippen MR) is 80.8 cm³/mol. The van der Waals surface area contributed by atoms with E-state index in [0.29, 0.717) is 5.02 Å². The summed E-state index contributed by atoms with van der Waals surface area (Å²) in [6, 6.07) is 9.46. The molecule has 20 heavy (non-hydrogen) atoms. The first-order valence-electron chi connectivity index (χ1n) is 6.34. The number of esters is 1. The van der Waals surface area contributed by atoms with Gasteiger partial charge in [-0.2, -0.15) is 0 Å². The summed E-state index contributed by atoms with van der Waals surface area (Å²) >= 11 is 6.29. The first kappa shape index (κ1) is 14.4. The molecule has 0 amide bonds. The van der Waals surface area contributed by atoms with Crippen LogP contribution in [0.1, 0.15) is 18.4 Å². The van der Waals surface area contributed by atoms with Crippen LogP contribution in [0.5, 0.6) is 0 Å². The molecular weight excluding hydrogens is 274 g/mol. The summed E-state index contributed by atoms with van der Waals surface area (Å²) in [5.74, 6) is -0.640. The van der Waals surface area contributed by atoms with Crippen molar-refractivity contribution in [1.82, 2.24) is 4.98 Å². The number of benzene rings is 1. The second kappa shape index (κ2) is 6.44. The van der Waals surface area contributed by atoms with Crippen molar-refractivity contribution in [2.24, 2.45) is 0 Å². The minimum Gasteiger partial charge on any atom is -0.461 e. The third kappa shape index (κ3) is 3.11. The van der Waals surface area contributed by atoms with Gasteiger partial charge < -0.3 is 9.72 Å². The molecule has 0 aliphatic carbocycles. The molecule has 1 atom stereocenters. The summed E-state index contributed by atoms with van der Waals surface area (Å²) in [5.41, 5.74) is 2.69. The lowest BCUT2D eigenvalue weighted by molar-refractivity contribution is -0.143. The number of halogens is 1. The zero-order chi connectivity index (χ0) is 14.5. The summed E-state index contributed by atoms with van der Waals surface area (Å²) < 4.78 is 5.04. The Hall–Kier alpha value is -2.00. The molecule has 1 aromatic heterocycles. The van der Waals surface area contributed by atoms with Crippen LogP contribution in [0.3, 0.4) is 0 Å². The Morgan fingerprint density at radius 2 is 2.30 bits per heavy atom. The average molecular weight is 290 g/mol. The third-order valence-corrected chi connectivity index (χ3v) is 3.39. The molecule has 1 heterocycles. The van der Waals surface area contributed by atoms with Crippen molar-refractivity contribution in [3.8, 4) is 11.3 Å². The maximum absolute atomic E-state index is 11.8. The van der Waals surface area contributed by atoms with Gasteiger partial charge in [0.05, 0.1) is 10.9 Å². The molecule has 2 aromatic rings. The Kier molecular flexibility index (Phi) is 4.64. The van der Waals surface area contributed by atoms with Gasteiger partial charge in [-0.1, -0.05) is 36.4 Å². The highest BCUT2D eigenvalue weighted by atomic mass is 35.5. The lowest BCUT2D eigenvalue weighted by Crippen LogP contribution is -2.13. The Morgan fingerprint density at radius 1 is 1.50 bits per heavy atom. The fraction of sp³-hybridized carbons (Fsp3) is 0.188. The van der Waals surface area contributed by atoms with Crippen LogP contribution in [0.2, 0.25) is 5.02 Å². The molecule has 0 spiro atoms. The van der Waals surface area contributed by atoms with Crippen LogP contribution in [0.25, 0.3) is 11.3 Å². The van der Waals surface area contributed by atoms with Crippen LogP contribution >= 0.6 is 11.6 Å². The molecule has 0 saturated heterocycles. The van der Waals surface area contributed by atoms with Crippen molar-refractivity contribution in [1.29, 1.82) is 0 Å². The quantitative estimate of drug-likeness (QED) is 0.663. The Morgan fingerprint density at radius 3 is 2.90 bits per heavy atom. The smallest absolute Gasteiger partial charge is 0.313 e. The maximum Gasteiger partial charge on any atom is 0.313 e. The third-order valence-electron chi connectivity index (χ3n) is 3.08. The van der Waals surface area contributed by atoms with E-state index in [9.17, 15) is 4.79 Å². The Labute approximate surface area is 123 Å². The molecule has 104 valence electrons. The lowest BCUT2D eigenvalue weighted by atomic mass is 9.99.